The lowest BCUT2D eigenvalue weighted by Crippen LogP contribution is -2.32. The van der Waals surface area contributed by atoms with Gasteiger partial charge in [-0.25, -0.2) is 0 Å². The molecule has 0 atom stereocenters. The topological polar surface area (TPSA) is 65.6 Å². The first-order valence-electron chi connectivity index (χ1n) is 11.8. The third-order valence-corrected chi connectivity index (χ3v) is 6.63. The zero-order chi connectivity index (χ0) is 23.3. The minimum atomic E-state index is 0.502. The zero-order valence-electron chi connectivity index (χ0n) is 19.5. The molecule has 0 saturated carbocycles. The van der Waals surface area contributed by atoms with Crippen molar-refractivity contribution in [2.45, 2.75) is 38.9 Å². The van der Waals surface area contributed by atoms with Crippen LogP contribution in [0.2, 0.25) is 0 Å². The molecule has 1 aromatic heterocycles. The van der Waals surface area contributed by atoms with Gasteiger partial charge in [0, 0.05) is 38.8 Å². The number of nitrogens with one attached hydrogen (secondary N) is 2. The molecule has 0 spiro atoms. The molecule has 0 unspecified atom stereocenters. The molecule has 2 aliphatic rings. The molecule has 0 radical (unpaired) electrons. The molecular weight excluding hydrogens is 444 g/mol. The number of anilines is 3. The van der Waals surface area contributed by atoms with Gasteiger partial charge >= 0.3 is 0 Å². The number of ether oxygens (including phenoxy) is 1. The highest BCUT2D eigenvalue weighted by molar-refractivity contribution is 7.80. The summed E-state index contributed by atoms with van der Waals surface area (Å²) in [6, 6.07) is 18.6. The molecule has 1 fully saturated rings. The van der Waals surface area contributed by atoms with Crippen molar-refractivity contribution in [3.8, 4) is 5.75 Å². The summed E-state index contributed by atoms with van der Waals surface area (Å²) in [7, 11) is 1.67. The minimum Gasteiger partial charge on any atom is -0.497 e. The van der Waals surface area contributed by atoms with Gasteiger partial charge in [-0.05, 0) is 60.3 Å². The van der Waals surface area contributed by atoms with Gasteiger partial charge in [-0.2, -0.15) is 9.97 Å². The molecule has 2 aromatic carbocycles. The number of rotatable bonds is 6. The predicted molar refractivity (Wildman–Crippen MR) is 140 cm³/mol. The summed E-state index contributed by atoms with van der Waals surface area (Å²) in [5.74, 6) is 3.25. The molecule has 1 saturated heterocycles. The van der Waals surface area contributed by atoms with Gasteiger partial charge in [0.1, 0.15) is 17.4 Å². The van der Waals surface area contributed by atoms with Crippen molar-refractivity contribution < 1.29 is 4.74 Å². The van der Waals surface area contributed by atoms with Gasteiger partial charge in [-0.3, -0.25) is 0 Å². The lowest BCUT2D eigenvalue weighted by Gasteiger charge is -2.29. The maximum atomic E-state index is 5.56. The minimum absolute atomic E-state index is 0.502. The van der Waals surface area contributed by atoms with E-state index in [-0.39, 0.29) is 0 Å². The highest BCUT2D eigenvalue weighted by Gasteiger charge is 2.23. The Morgan fingerprint density at radius 3 is 2.21 bits per heavy atom. The van der Waals surface area contributed by atoms with E-state index in [2.05, 4.69) is 50.8 Å². The smallest absolute Gasteiger partial charge is 0.232 e. The molecule has 3 aromatic rings. The molecule has 3 heterocycles. The number of hydrogen-bond donors (Lipinski definition) is 2. The SMILES string of the molecule is COc1ccc(CNC(=S)Nc2nc(N3CCCCC3)cc(N3Cc4ccccc4C3)n2)cc1. The number of aromatic nitrogens is 2. The second kappa shape index (κ2) is 10.3. The van der Waals surface area contributed by atoms with Gasteiger partial charge in [-0.1, -0.05) is 36.4 Å². The summed E-state index contributed by atoms with van der Waals surface area (Å²) in [5.41, 5.74) is 3.82. The molecule has 0 aliphatic carbocycles. The monoisotopic (exact) mass is 474 g/mol. The highest BCUT2D eigenvalue weighted by Crippen LogP contribution is 2.30. The fraction of sp³-hybridized carbons (Fsp3) is 0.346. The summed E-state index contributed by atoms with van der Waals surface area (Å²) in [4.78, 5) is 14.3. The number of piperidine rings is 1. The van der Waals surface area contributed by atoms with Crippen molar-refractivity contribution in [2.24, 2.45) is 0 Å². The number of thiocarbonyl (C=S) groups is 1. The van der Waals surface area contributed by atoms with E-state index in [0.717, 1.165) is 49.1 Å². The van der Waals surface area contributed by atoms with Crippen molar-refractivity contribution in [2.75, 3.05) is 35.3 Å². The molecule has 5 rings (SSSR count). The third-order valence-electron chi connectivity index (χ3n) is 6.38. The largest absolute Gasteiger partial charge is 0.497 e. The van der Waals surface area contributed by atoms with Crippen molar-refractivity contribution in [1.82, 2.24) is 15.3 Å². The van der Waals surface area contributed by atoms with Crippen molar-refractivity contribution in [3.63, 3.8) is 0 Å². The molecule has 2 N–H and O–H groups in total. The Balaban J connectivity index is 1.32. The van der Waals surface area contributed by atoms with E-state index in [1.165, 1.54) is 30.4 Å². The number of methoxy groups -OCH3 is 1. The molecular formula is C26H30N6OS. The Morgan fingerprint density at radius 2 is 1.56 bits per heavy atom. The first-order chi connectivity index (χ1) is 16.7. The normalized spacial score (nSPS) is 15.1. The second-order valence-electron chi connectivity index (χ2n) is 8.74. The van der Waals surface area contributed by atoms with E-state index in [4.69, 9.17) is 26.9 Å². The van der Waals surface area contributed by atoms with Crippen LogP contribution in [0.5, 0.6) is 5.75 Å². The summed E-state index contributed by atoms with van der Waals surface area (Å²) >= 11 is 5.56. The predicted octanol–water partition coefficient (Wildman–Crippen LogP) is 4.48. The average molecular weight is 475 g/mol. The maximum Gasteiger partial charge on any atom is 0.232 e. The van der Waals surface area contributed by atoms with E-state index < -0.39 is 0 Å². The summed E-state index contributed by atoms with van der Waals surface area (Å²) in [6.07, 6.45) is 3.67. The van der Waals surface area contributed by atoms with E-state index in [0.29, 0.717) is 17.6 Å². The molecule has 0 amide bonds. The zero-order valence-corrected chi connectivity index (χ0v) is 20.3. The molecule has 0 bridgehead atoms. The fourth-order valence-corrected chi connectivity index (χ4v) is 4.65. The Labute approximate surface area is 206 Å². The van der Waals surface area contributed by atoms with Crippen LogP contribution >= 0.6 is 12.2 Å². The summed E-state index contributed by atoms with van der Waals surface area (Å²) in [6.45, 7) is 4.36. The first kappa shape index (κ1) is 22.4. The van der Waals surface area contributed by atoms with Crippen LogP contribution in [-0.2, 0) is 19.6 Å². The van der Waals surface area contributed by atoms with Crippen LogP contribution < -0.4 is 25.2 Å². The van der Waals surface area contributed by atoms with Crippen LogP contribution in [0.4, 0.5) is 17.6 Å². The Morgan fingerprint density at radius 1 is 0.912 bits per heavy atom. The van der Waals surface area contributed by atoms with Gasteiger partial charge < -0.3 is 25.2 Å². The van der Waals surface area contributed by atoms with Crippen LogP contribution in [0.3, 0.4) is 0 Å². The summed E-state index contributed by atoms with van der Waals surface area (Å²) < 4.78 is 5.23. The van der Waals surface area contributed by atoms with Crippen LogP contribution in [0, 0.1) is 0 Å². The molecule has 7 nitrogen and oxygen atoms in total. The molecule has 8 heteroatoms. The standard InChI is InChI=1S/C26H30N6OS/c1-33-22-11-9-19(10-12-22)16-27-26(34)30-25-28-23(31-13-5-2-6-14-31)15-24(29-25)32-17-20-7-3-4-8-21(20)18-32/h3-4,7-12,15H,2,5-6,13-14,16-18H2,1H3,(H2,27,28,29,30,34). The van der Waals surface area contributed by atoms with Crippen molar-refractivity contribution in [1.29, 1.82) is 0 Å². The van der Waals surface area contributed by atoms with Gasteiger partial charge in [0.15, 0.2) is 5.11 Å². The summed E-state index contributed by atoms with van der Waals surface area (Å²) in [5, 5.41) is 6.98. The fourth-order valence-electron chi connectivity index (χ4n) is 4.49. The number of benzene rings is 2. The van der Waals surface area contributed by atoms with E-state index >= 15 is 0 Å². The number of fused-ring (bicyclic) bond motifs is 1. The van der Waals surface area contributed by atoms with Crippen molar-refractivity contribution >= 4 is 34.9 Å². The number of nitrogens with zero attached hydrogens (tertiary/aromatic N) is 4. The quantitative estimate of drug-likeness (QED) is 0.507. The van der Waals surface area contributed by atoms with Crippen LogP contribution in [-0.4, -0.2) is 35.3 Å². The van der Waals surface area contributed by atoms with Gasteiger partial charge in [0.05, 0.1) is 7.11 Å². The van der Waals surface area contributed by atoms with E-state index in [9.17, 15) is 0 Å². The Hall–Kier alpha value is -3.39. The number of hydrogen-bond acceptors (Lipinski definition) is 6. The van der Waals surface area contributed by atoms with E-state index in [1.54, 1.807) is 7.11 Å². The maximum absolute atomic E-state index is 5.56. The highest BCUT2D eigenvalue weighted by atomic mass is 32.1. The van der Waals surface area contributed by atoms with Gasteiger partial charge in [-0.15, -0.1) is 0 Å². The first-order valence-corrected chi connectivity index (χ1v) is 12.2. The lowest BCUT2D eigenvalue weighted by atomic mass is 10.1. The molecule has 2 aliphatic heterocycles. The van der Waals surface area contributed by atoms with Crippen molar-refractivity contribution in [3.05, 3.63) is 71.3 Å². The molecule has 176 valence electrons. The lowest BCUT2D eigenvalue weighted by molar-refractivity contribution is 0.414. The van der Waals surface area contributed by atoms with E-state index in [1.807, 2.05) is 24.3 Å². The Bertz CT molecular complexity index is 1120. The Kier molecular flexibility index (Phi) is 6.76. The average Bonchev–Trinajstić information content (AvgIpc) is 3.33. The second-order valence-corrected chi connectivity index (χ2v) is 9.14. The van der Waals surface area contributed by atoms with Gasteiger partial charge in [0.25, 0.3) is 0 Å². The van der Waals surface area contributed by atoms with Crippen LogP contribution in [0.1, 0.15) is 36.0 Å². The van der Waals surface area contributed by atoms with Crippen LogP contribution in [0.15, 0.2) is 54.6 Å². The van der Waals surface area contributed by atoms with Crippen LogP contribution in [0.25, 0.3) is 0 Å². The molecule has 34 heavy (non-hydrogen) atoms. The third kappa shape index (κ3) is 5.22. The van der Waals surface area contributed by atoms with Gasteiger partial charge in [0.2, 0.25) is 5.95 Å².